The van der Waals surface area contributed by atoms with Crippen LogP contribution in [0.2, 0.25) is 0 Å². The zero-order chi connectivity index (χ0) is 12.8. The van der Waals surface area contributed by atoms with E-state index in [0.29, 0.717) is 6.54 Å². The molecule has 0 aliphatic carbocycles. The van der Waals surface area contributed by atoms with Crippen LogP contribution in [0, 0.1) is 0 Å². The quantitative estimate of drug-likeness (QED) is 0.847. The molecule has 3 nitrogen and oxygen atoms in total. The Morgan fingerprint density at radius 2 is 2.06 bits per heavy atom. The number of nitrogens with two attached hydrogens (primary N) is 1. The van der Waals surface area contributed by atoms with Gasteiger partial charge in [-0.15, -0.1) is 0 Å². The van der Waals surface area contributed by atoms with Crippen molar-refractivity contribution in [2.45, 2.75) is 32.7 Å². The number of carbonyl (C=O) groups is 1. The molecule has 3 heteroatoms. The van der Waals surface area contributed by atoms with Crippen molar-refractivity contribution in [1.29, 1.82) is 0 Å². The molecule has 17 heavy (non-hydrogen) atoms. The van der Waals surface area contributed by atoms with E-state index in [1.807, 2.05) is 38.2 Å². The van der Waals surface area contributed by atoms with E-state index in [1.165, 1.54) is 0 Å². The summed E-state index contributed by atoms with van der Waals surface area (Å²) in [6, 6.07) is 7.91. The maximum Gasteiger partial charge on any atom is 0.253 e. The van der Waals surface area contributed by atoms with Gasteiger partial charge < -0.3 is 10.6 Å². The molecule has 1 amide bonds. The normalized spacial score (nSPS) is 12.2. The van der Waals surface area contributed by atoms with Crippen LogP contribution in [0.25, 0.3) is 0 Å². The van der Waals surface area contributed by atoms with Crippen molar-refractivity contribution in [2.24, 2.45) is 5.73 Å². The smallest absolute Gasteiger partial charge is 0.253 e. The molecule has 1 atom stereocenters. The molecule has 1 rings (SSSR count). The first-order valence-electron chi connectivity index (χ1n) is 6.15. The summed E-state index contributed by atoms with van der Waals surface area (Å²) in [4.78, 5) is 14.0. The highest BCUT2D eigenvalue weighted by molar-refractivity contribution is 5.95. The van der Waals surface area contributed by atoms with E-state index in [9.17, 15) is 4.79 Å². The van der Waals surface area contributed by atoms with Crippen molar-refractivity contribution in [3.05, 3.63) is 35.4 Å². The molecule has 0 aliphatic rings. The average Bonchev–Trinajstić information content (AvgIpc) is 2.34. The second-order valence-electron chi connectivity index (χ2n) is 4.50. The van der Waals surface area contributed by atoms with Gasteiger partial charge in [-0.1, -0.05) is 25.1 Å². The maximum atomic E-state index is 12.2. The van der Waals surface area contributed by atoms with Crippen LogP contribution in [0.3, 0.4) is 0 Å². The monoisotopic (exact) mass is 234 g/mol. The van der Waals surface area contributed by atoms with Gasteiger partial charge in [0.2, 0.25) is 0 Å². The van der Waals surface area contributed by atoms with Gasteiger partial charge in [0.25, 0.3) is 5.91 Å². The van der Waals surface area contributed by atoms with Crippen molar-refractivity contribution in [3.8, 4) is 0 Å². The Balaban J connectivity index is 2.74. The molecule has 94 valence electrons. The second-order valence-corrected chi connectivity index (χ2v) is 4.50. The first kappa shape index (κ1) is 13.7. The molecule has 0 bridgehead atoms. The molecule has 0 radical (unpaired) electrons. The molecule has 1 unspecified atom stereocenters. The van der Waals surface area contributed by atoms with Crippen LogP contribution in [0.15, 0.2) is 24.3 Å². The largest absolute Gasteiger partial charge is 0.342 e. The standard InChI is InChI=1S/C14H22N2O/c1-4-12-7-5-6-8-13(12)14(17)16(3)10-9-11(2)15/h5-8,11H,4,9-10,15H2,1-3H3. The van der Waals surface area contributed by atoms with Crippen LogP contribution in [0.5, 0.6) is 0 Å². The molecule has 0 saturated carbocycles. The first-order chi connectivity index (χ1) is 8.06. The Labute approximate surface area is 104 Å². The van der Waals surface area contributed by atoms with Crippen molar-refractivity contribution in [1.82, 2.24) is 4.90 Å². The Hall–Kier alpha value is -1.35. The summed E-state index contributed by atoms with van der Waals surface area (Å²) in [6.07, 6.45) is 1.71. The third-order valence-corrected chi connectivity index (χ3v) is 2.90. The first-order valence-corrected chi connectivity index (χ1v) is 6.15. The number of nitrogens with zero attached hydrogens (tertiary/aromatic N) is 1. The van der Waals surface area contributed by atoms with Gasteiger partial charge in [0.1, 0.15) is 0 Å². The van der Waals surface area contributed by atoms with Gasteiger partial charge in [0.05, 0.1) is 0 Å². The molecule has 0 heterocycles. The predicted molar refractivity (Wildman–Crippen MR) is 71.0 cm³/mol. The number of benzene rings is 1. The fourth-order valence-corrected chi connectivity index (χ4v) is 1.74. The van der Waals surface area contributed by atoms with Crippen LogP contribution in [0.1, 0.15) is 36.2 Å². The number of hydrogen-bond donors (Lipinski definition) is 1. The Morgan fingerprint density at radius 3 is 2.65 bits per heavy atom. The van der Waals surface area contributed by atoms with Crippen molar-refractivity contribution >= 4 is 5.91 Å². The Bertz CT molecular complexity index is 374. The molecule has 1 aromatic carbocycles. The van der Waals surface area contributed by atoms with Gasteiger partial charge in [-0.2, -0.15) is 0 Å². The SMILES string of the molecule is CCc1ccccc1C(=O)N(C)CCC(C)N. The summed E-state index contributed by atoms with van der Waals surface area (Å²) in [5.74, 6) is 0.0862. The molecule has 0 spiro atoms. The second kappa shape index (κ2) is 6.40. The van der Waals surface area contributed by atoms with E-state index in [1.54, 1.807) is 4.90 Å². The van der Waals surface area contributed by atoms with E-state index >= 15 is 0 Å². The summed E-state index contributed by atoms with van der Waals surface area (Å²) < 4.78 is 0. The van der Waals surface area contributed by atoms with Crippen LogP contribution in [0.4, 0.5) is 0 Å². The lowest BCUT2D eigenvalue weighted by molar-refractivity contribution is 0.0791. The van der Waals surface area contributed by atoms with Gasteiger partial charge in [0.15, 0.2) is 0 Å². The fourth-order valence-electron chi connectivity index (χ4n) is 1.74. The third-order valence-electron chi connectivity index (χ3n) is 2.90. The lowest BCUT2D eigenvalue weighted by Crippen LogP contribution is -2.31. The van der Waals surface area contributed by atoms with Gasteiger partial charge in [-0.25, -0.2) is 0 Å². The van der Waals surface area contributed by atoms with Crippen LogP contribution in [-0.4, -0.2) is 30.4 Å². The molecule has 0 aromatic heterocycles. The van der Waals surface area contributed by atoms with Crippen LogP contribution >= 0.6 is 0 Å². The minimum Gasteiger partial charge on any atom is -0.342 e. The van der Waals surface area contributed by atoms with E-state index in [2.05, 4.69) is 6.92 Å². The number of rotatable bonds is 5. The van der Waals surface area contributed by atoms with Crippen molar-refractivity contribution in [3.63, 3.8) is 0 Å². The minimum atomic E-state index is 0.0862. The number of hydrogen-bond acceptors (Lipinski definition) is 2. The van der Waals surface area contributed by atoms with Gasteiger partial charge >= 0.3 is 0 Å². The van der Waals surface area contributed by atoms with Crippen molar-refractivity contribution < 1.29 is 4.79 Å². The molecular weight excluding hydrogens is 212 g/mol. The lowest BCUT2D eigenvalue weighted by atomic mass is 10.0. The predicted octanol–water partition coefficient (Wildman–Crippen LogP) is 2.06. The average molecular weight is 234 g/mol. The molecule has 2 N–H and O–H groups in total. The topological polar surface area (TPSA) is 46.3 Å². The summed E-state index contributed by atoms with van der Waals surface area (Å²) in [6.45, 7) is 4.72. The number of amides is 1. The van der Waals surface area contributed by atoms with Crippen LogP contribution in [-0.2, 0) is 6.42 Å². The van der Waals surface area contributed by atoms with E-state index in [-0.39, 0.29) is 11.9 Å². The molecule has 0 saturated heterocycles. The van der Waals surface area contributed by atoms with Crippen molar-refractivity contribution in [2.75, 3.05) is 13.6 Å². The lowest BCUT2D eigenvalue weighted by Gasteiger charge is -2.19. The molecule has 1 aromatic rings. The van der Waals surface area contributed by atoms with Crippen LogP contribution < -0.4 is 5.73 Å². The van der Waals surface area contributed by atoms with E-state index in [4.69, 9.17) is 5.73 Å². The highest BCUT2D eigenvalue weighted by Crippen LogP contribution is 2.12. The third kappa shape index (κ3) is 3.86. The Morgan fingerprint density at radius 1 is 1.41 bits per heavy atom. The van der Waals surface area contributed by atoms with E-state index in [0.717, 1.165) is 24.0 Å². The van der Waals surface area contributed by atoms with E-state index < -0.39 is 0 Å². The molecule has 0 aliphatic heterocycles. The highest BCUT2D eigenvalue weighted by Gasteiger charge is 2.14. The number of carbonyl (C=O) groups excluding carboxylic acids is 1. The molecular formula is C14H22N2O. The highest BCUT2D eigenvalue weighted by atomic mass is 16.2. The van der Waals surface area contributed by atoms with Gasteiger partial charge in [-0.05, 0) is 31.4 Å². The summed E-state index contributed by atoms with van der Waals surface area (Å²) in [5.41, 5.74) is 7.61. The van der Waals surface area contributed by atoms with Gasteiger partial charge in [-0.3, -0.25) is 4.79 Å². The summed E-state index contributed by atoms with van der Waals surface area (Å²) in [7, 11) is 1.83. The number of aryl methyl sites for hydroxylation is 1. The summed E-state index contributed by atoms with van der Waals surface area (Å²) in [5, 5.41) is 0. The van der Waals surface area contributed by atoms with Gasteiger partial charge in [0, 0.05) is 25.2 Å². The minimum absolute atomic E-state index is 0.0862. The maximum absolute atomic E-state index is 12.2. The molecule has 0 fully saturated rings. The Kier molecular flexibility index (Phi) is 5.16. The summed E-state index contributed by atoms with van der Waals surface area (Å²) >= 11 is 0. The fraction of sp³-hybridized carbons (Fsp3) is 0.500. The zero-order valence-corrected chi connectivity index (χ0v) is 10.9. The zero-order valence-electron chi connectivity index (χ0n) is 10.9.